The summed E-state index contributed by atoms with van der Waals surface area (Å²) in [5, 5.41) is 1.16. The zero-order chi connectivity index (χ0) is 13.2. The Bertz CT molecular complexity index is 395. The molecular formula is C10H9Cl5OS. The molecule has 1 aromatic carbocycles. The van der Waals surface area contributed by atoms with Crippen molar-refractivity contribution in [2.24, 2.45) is 0 Å². The smallest absolute Gasteiger partial charge is 0.105 e. The van der Waals surface area contributed by atoms with Crippen LogP contribution in [0.25, 0.3) is 0 Å². The molecule has 0 radical (unpaired) electrons. The Morgan fingerprint density at radius 2 is 1.35 bits per heavy atom. The lowest BCUT2D eigenvalue weighted by Crippen LogP contribution is -2.02. The minimum Gasteiger partial charge on any atom is -0.368 e. The summed E-state index contributed by atoms with van der Waals surface area (Å²) in [7, 11) is 0. The normalized spacial score (nSPS) is 12.9. The van der Waals surface area contributed by atoms with Crippen LogP contribution in [0.2, 0.25) is 25.1 Å². The molecule has 0 aliphatic rings. The maximum atomic E-state index is 6.08. The van der Waals surface area contributed by atoms with Crippen LogP contribution in [0.4, 0.5) is 0 Å². The number of hydrogen-bond donors (Lipinski definition) is 0. The van der Waals surface area contributed by atoms with Gasteiger partial charge in [-0.1, -0.05) is 69.8 Å². The van der Waals surface area contributed by atoms with Gasteiger partial charge in [0.1, 0.15) is 5.44 Å². The Labute approximate surface area is 130 Å². The number of ether oxygens (including phenoxy) is 1. The van der Waals surface area contributed by atoms with Crippen molar-refractivity contribution in [1.82, 2.24) is 0 Å². The molecule has 0 amide bonds. The molecule has 0 bridgehead atoms. The number of rotatable bonds is 4. The molecule has 1 nitrogen and oxygen atoms in total. The molecule has 1 atom stereocenters. The van der Waals surface area contributed by atoms with Crippen LogP contribution in [0.1, 0.15) is 13.8 Å². The van der Waals surface area contributed by atoms with E-state index in [4.69, 9.17) is 62.7 Å². The molecule has 96 valence electrons. The molecule has 0 aromatic heterocycles. The highest BCUT2D eigenvalue weighted by atomic mass is 35.5. The fraction of sp³-hybridized carbons (Fsp3) is 0.400. The first-order chi connectivity index (χ1) is 7.90. The van der Waals surface area contributed by atoms with E-state index in [1.807, 2.05) is 13.8 Å². The van der Waals surface area contributed by atoms with Gasteiger partial charge in [0.05, 0.1) is 30.0 Å². The Morgan fingerprint density at radius 1 is 0.941 bits per heavy atom. The Morgan fingerprint density at radius 3 is 1.76 bits per heavy atom. The number of hydrogen-bond acceptors (Lipinski definition) is 2. The molecule has 1 unspecified atom stereocenters. The summed E-state index contributed by atoms with van der Waals surface area (Å²) in [5.41, 5.74) is -0.108. The van der Waals surface area contributed by atoms with E-state index in [0.29, 0.717) is 21.5 Å². The average molecular weight is 355 g/mol. The van der Waals surface area contributed by atoms with Crippen LogP contribution >= 0.6 is 69.8 Å². The standard InChI is InChI=1S/C10H9Cl5OS/c1-3-16-4(2)17-10-8(14)6(12)5(11)7(13)9(10)15/h4H,3H2,1-2H3. The fourth-order valence-corrected chi connectivity index (χ4v) is 3.59. The van der Waals surface area contributed by atoms with Crippen molar-refractivity contribution in [2.75, 3.05) is 6.61 Å². The SMILES string of the molecule is CCOC(C)Sc1c(Cl)c(Cl)c(Cl)c(Cl)c1Cl. The summed E-state index contributed by atoms with van der Waals surface area (Å²) in [6.45, 7) is 4.39. The predicted octanol–water partition coefficient (Wildman–Crippen LogP) is 6.43. The second-order valence-electron chi connectivity index (χ2n) is 3.04. The molecule has 0 saturated carbocycles. The van der Waals surface area contributed by atoms with Gasteiger partial charge in [0.2, 0.25) is 0 Å². The van der Waals surface area contributed by atoms with Crippen LogP contribution in [0.5, 0.6) is 0 Å². The van der Waals surface area contributed by atoms with Crippen LogP contribution in [0.15, 0.2) is 4.90 Å². The van der Waals surface area contributed by atoms with Crippen molar-refractivity contribution in [3.8, 4) is 0 Å². The highest BCUT2D eigenvalue weighted by Gasteiger charge is 2.21. The van der Waals surface area contributed by atoms with Gasteiger partial charge >= 0.3 is 0 Å². The predicted molar refractivity (Wildman–Crippen MR) is 78.4 cm³/mol. The topological polar surface area (TPSA) is 9.23 Å². The second kappa shape index (κ2) is 6.95. The van der Waals surface area contributed by atoms with Gasteiger partial charge in [0, 0.05) is 6.61 Å². The molecule has 0 fully saturated rings. The van der Waals surface area contributed by atoms with Crippen molar-refractivity contribution < 1.29 is 4.74 Å². The highest BCUT2D eigenvalue weighted by Crippen LogP contribution is 2.48. The summed E-state index contributed by atoms with van der Waals surface area (Å²) in [6.07, 6.45) is 0. The summed E-state index contributed by atoms with van der Waals surface area (Å²) in [5.74, 6) is 0. The zero-order valence-corrected chi connectivity index (χ0v) is 13.6. The van der Waals surface area contributed by atoms with E-state index in [1.54, 1.807) is 0 Å². The Kier molecular flexibility index (Phi) is 6.55. The van der Waals surface area contributed by atoms with E-state index in [1.165, 1.54) is 11.8 Å². The van der Waals surface area contributed by atoms with E-state index in [2.05, 4.69) is 0 Å². The number of halogens is 5. The van der Waals surface area contributed by atoms with Crippen molar-refractivity contribution in [1.29, 1.82) is 0 Å². The quantitative estimate of drug-likeness (QED) is 0.267. The first-order valence-electron chi connectivity index (χ1n) is 4.69. The molecule has 17 heavy (non-hydrogen) atoms. The lowest BCUT2D eigenvalue weighted by atomic mass is 10.3. The third kappa shape index (κ3) is 3.73. The molecule has 0 aliphatic carbocycles. The van der Waals surface area contributed by atoms with Gasteiger partial charge < -0.3 is 4.74 Å². The largest absolute Gasteiger partial charge is 0.368 e. The van der Waals surface area contributed by atoms with E-state index in [9.17, 15) is 0 Å². The first-order valence-corrected chi connectivity index (χ1v) is 7.46. The molecule has 0 heterocycles. The fourth-order valence-electron chi connectivity index (χ4n) is 1.12. The van der Waals surface area contributed by atoms with Gasteiger partial charge in [-0.15, -0.1) is 0 Å². The van der Waals surface area contributed by atoms with E-state index < -0.39 is 0 Å². The maximum Gasteiger partial charge on any atom is 0.105 e. The molecule has 7 heteroatoms. The number of thioether (sulfide) groups is 1. The molecule has 0 aliphatic heterocycles. The van der Waals surface area contributed by atoms with Gasteiger partial charge in [0.15, 0.2) is 0 Å². The molecule has 0 saturated heterocycles. The van der Waals surface area contributed by atoms with E-state index >= 15 is 0 Å². The summed E-state index contributed by atoms with van der Waals surface area (Å²) >= 11 is 31.3. The third-order valence-electron chi connectivity index (χ3n) is 1.85. The first kappa shape index (κ1) is 16.0. The lowest BCUT2D eigenvalue weighted by Gasteiger charge is -2.15. The van der Waals surface area contributed by atoms with Crippen LogP contribution in [0, 0.1) is 0 Å². The average Bonchev–Trinajstić information content (AvgIpc) is 2.30. The van der Waals surface area contributed by atoms with E-state index in [0.717, 1.165) is 0 Å². The lowest BCUT2D eigenvalue weighted by molar-refractivity contribution is 0.137. The van der Waals surface area contributed by atoms with Gasteiger partial charge in [0.25, 0.3) is 0 Å². The van der Waals surface area contributed by atoms with Crippen molar-refractivity contribution >= 4 is 69.8 Å². The second-order valence-corrected chi connectivity index (χ2v) is 6.24. The summed E-state index contributed by atoms with van der Waals surface area (Å²) in [4.78, 5) is 0.577. The monoisotopic (exact) mass is 352 g/mol. The van der Waals surface area contributed by atoms with Gasteiger partial charge in [-0.05, 0) is 13.8 Å². The van der Waals surface area contributed by atoms with Crippen LogP contribution in [-0.4, -0.2) is 12.0 Å². The minimum atomic E-state index is -0.108. The zero-order valence-electron chi connectivity index (χ0n) is 8.99. The number of benzene rings is 1. The minimum absolute atomic E-state index is 0.108. The maximum absolute atomic E-state index is 6.08. The van der Waals surface area contributed by atoms with Gasteiger partial charge in [-0.3, -0.25) is 0 Å². The van der Waals surface area contributed by atoms with Crippen molar-refractivity contribution in [2.45, 2.75) is 24.2 Å². The third-order valence-corrected chi connectivity index (χ3v) is 5.47. The van der Waals surface area contributed by atoms with E-state index in [-0.39, 0.29) is 20.5 Å². The van der Waals surface area contributed by atoms with Crippen LogP contribution in [-0.2, 0) is 4.74 Å². The molecular weight excluding hydrogens is 345 g/mol. The molecule has 0 N–H and O–H groups in total. The van der Waals surface area contributed by atoms with Gasteiger partial charge in [-0.25, -0.2) is 0 Å². The van der Waals surface area contributed by atoms with Crippen molar-refractivity contribution in [3.63, 3.8) is 0 Å². The Balaban J connectivity index is 3.16. The Hall–Kier alpha value is 0.980. The van der Waals surface area contributed by atoms with Gasteiger partial charge in [-0.2, -0.15) is 0 Å². The van der Waals surface area contributed by atoms with Crippen molar-refractivity contribution in [3.05, 3.63) is 25.1 Å². The molecule has 1 aromatic rings. The molecule has 0 spiro atoms. The summed E-state index contributed by atoms with van der Waals surface area (Å²) in [6, 6.07) is 0. The van der Waals surface area contributed by atoms with Crippen LogP contribution in [0.3, 0.4) is 0 Å². The summed E-state index contributed by atoms with van der Waals surface area (Å²) < 4.78 is 5.39. The highest BCUT2D eigenvalue weighted by molar-refractivity contribution is 8.00. The van der Waals surface area contributed by atoms with Crippen LogP contribution < -0.4 is 0 Å². The molecule has 1 rings (SSSR count).